The fourth-order valence-corrected chi connectivity index (χ4v) is 2.87. The highest BCUT2D eigenvalue weighted by atomic mass is 19.2. The van der Waals surface area contributed by atoms with Gasteiger partial charge in [0.25, 0.3) is 0 Å². The number of amides is 2. The molecule has 5 nitrogen and oxygen atoms in total. The lowest BCUT2D eigenvalue weighted by molar-refractivity contribution is -0.132. The molecule has 2 fully saturated rings. The molecule has 1 aromatic carbocycles. The SMILES string of the molecule is NC(CNC(=O)C1CCN(c2ccc(F)c(F)c2)C1=O)C1CC1. The van der Waals surface area contributed by atoms with Gasteiger partial charge in [-0.3, -0.25) is 9.59 Å². The number of hydrogen-bond acceptors (Lipinski definition) is 3. The Morgan fingerprint density at radius 1 is 1.30 bits per heavy atom. The van der Waals surface area contributed by atoms with E-state index in [2.05, 4.69) is 5.32 Å². The van der Waals surface area contributed by atoms with E-state index in [4.69, 9.17) is 5.73 Å². The number of nitrogens with one attached hydrogen (secondary N) is 1. The summed E-state index contributed by atoms with van der Waals surface area (Å²) in [6.07, 6.45) is 2.52. The number of nitrogens with two attached hydrogens (primary N) is 1. The monoisotopic (exact) mass is 323 g/mol. The molecule has 2 amide bonds. The lowest BCUT2D eigenvalue weighted by Crippen LogP contribution is -2.43. The van der Waals surface area contributed by atoms with Crippen molar-refractivity contribution in [3.63, 3.8) is 0 Å². The number of nitrogens with zero attached hydrogens (tertiary/aromatic N) is 1. The fourth-order valence-electron chi connectivity index (χ4n) is 2.87. The first-order chi connectivity index (χ1) is 11.0. The van der Waals surface area contributed by atoms with Crippen molar-refractivity contribution in [3.05, 3.63) is 29.8 Å². The van der Waals surface area contributed by atoms with Crippen molar-refractivity contribution < 1.29 is 18.4 Å². The molecule has 2 aliphatic rings. The zero-order chi connectivity index (χ0) is 16.6. The van der Waals surface area contributed by atoms with Crippen LogP contribution >= 0.6 is 0 Å². The summed E-state index contributed by atoms with van der Waals surface area (Å²) in [7, 11) is 0. The zero-order valence-electron chi connectivity index (χ0n) is 12.6. The van der Waals surface area contributed by atoms with E-state index in [9.17, 15) is 18.4 Å². The lowest BCUT2D eigenvalue weighted by atomic mass is 10.1. The predicted molar refractivity (Wildman–Crippen MR) is 80.5 cm³/mol. The number of benzene rings is 1. The first-order valence-corrected chi connectivity index (χ1v) is 7.77. The van der Waals surface area contributed by atoms with Gasteiger partial charge in [0.1, 0.15) is 5.92 Å². The Morgan fingerprint density at radius 3 is 2.70 bits per heavy atom. The largest absolute Gasteiger partial charge is 0.354 e. The molecule has 23 heavy (non-hydrogen) atoms. The summed E-state index contributed by atoms with van der Waals surface area (Å²) in [6.45, 7) is 0.662. The van der Waals surface area contributed by atoms with Crippen molar-refractivity contribution in [2.45, 2.75) is 25.3 Å². The van der Waals surface area contributed by atoms with E-state index < -0.39 is 23.5 Å². The highest BCUT2D eigenvalue weighted by Gasteiger charge is 2.38. The zero-order valence-corrected chi connectivity index (χ0v) is 12.6. The number of rotatable bonds is 5. The van der Waals surface area contributed by atoms with Crippen LogP contribution in [0.15, 0.2) is 18.2 Å². The quantitative estimate of drug-likeness (QED) is 0.799. The third kappa shape index (κ3) is 3.34. The number of carbonyl (C=O) groups excluding carboxylic acids is 2. The second-order valence-corrected chi connectivity index (χ2v) is 6.18. The molecule has 1 aliphatic carbocycles. The molecule has 1 aromatic rings. The smallest absolute Gasteiger partial charge is 0.239 e. The maximum absolute atomic E-state index is 13.3. The molecule has 3 rings (SSSR count). The van der Waals surface area contributed by atoms with Gasteiger partial charge in [0.15, 0.2) is 11.6 Å². The topological polar surface area (TPSA) is 75.4 Å². The number of hydrogen-bond donors (Lipinski definition) is 2. The molecule has 7 heteroatoms. The van der Waals surface area contributed by atoms with Crippen molar-refractivity contribution in [3.8, 4) is 0 Å². The molecular weight excluding hydrogens is 304 g/mol. The minimum atomic E-state index is -1.02. The van der Waals surface area contributed by atoms with Gasteiger partial charge in [0.2, 0.25) is 11.8 Å². The van der Waals surface area contributed by atoms with Crippen LogP contribution in [0.25, 0.3) is 0 Å². The van der Waals surface area contributed by atoms with E-state index in [1.807, 2.05) is 0 Å². The molecular formula is C16H19F2N3O2. The molecule has 0 aromatic heterocycles. The van der Waals surface area contributed by atoms with E-state index in [0.717, 1.165) is 25.0 Å². The van der Waals surface area contributed by atoms with E-state index in [0.29, 0.717) is 25.4 Å². The van der Waals surface area contributed by atoms with Crippen LogP contribution in [-0.4, -0.2) is 30.9 Å². The summed E-state index contributed by atoms with van der Waals surface area (Å²) >= 11 is 0. The van der Waals surface area contributed by atoms with Gasteiger partial charge in [-0.25, -0.2) is 8.78 Å². The summed E-state index contributed by atoms with van der Waals surface area (Å²) in [5, 5.41) is 2.72. The van der Waals surface area contributed by atoms with E-state index >= 15 is 0 Å². The molecule has 124 valence electrons. The Hall–Kier alpha value is -2.02. The fraction of sp³-hybridized carbons (Fsp3) is 0.500. The minimum absolute atomic E-state index is 0.0715. The number of carbonyl (C=O) groups is 2. The van der Waals surface area contributed by atoms with Crippen LogP contribution in [0.4, 0.5) is 14.5 Å². The Balaban J connectivity index is 1.61. The summed E-state index contributed by atoms with van der Waals surface area (Å²) in [5.74, 6) is -3.06. The second-order valence-electron chi connectivity index (χ2n) is 6.18. The summed E-state index contributed by atoms with van der Waals surface area (Å²) < 4.78 is 26.3. The average Bonchev–Trinajstić information content (AvgIpc) is 3.30. The van der Waals surface area contributed by atoms with Crippen LogP contribution in [-0.2, 0) is 9.59 Å². The molecule has 1 heterocycles. The lowest BCUT2D eigenvalue weighted by Gasteiger charge is -2.17. The number of halogens is 2. The molecule has 0 bridgehead atoms. The van der Waals surface area contributed by atoms with Crippen LogP contribution in [0, 0.1) is 23.5 Å². The van der Waals surface area contributed by atoms with Crippen LogP contribution in [0.2, 0.25) is 0 Å². The molecule has 2 unspecified atom stereocenters. The first-order valence-electron chi connectivity index (χ1n) is 7.77. The molecule has 1 saturated carbocycles. The minimum Gasteiger partial charge on any atom is -0.354 e. The summed E-state index contributed by atoms with van der Waals surface area (Å²) in [5.41, 5.74) is 6.19. The van der Waals surface area contributed by atoms with Crippen LogP contribution in [0.1, 0.15) is 19.3 Å². The summed E-state index contributed by atoms with van der Waals surface area (Å²) in [6, 6.07) is 3.20. The molecule has 0 spiro atoms. The predicted octanol–water partition coefficient (Wildman–Crippen LogP) is 1.17. The average molecular weight is 323 g/mol. The van der Waals surface area contributed by atoms with Gasteiger partial charge < -0.3 is 16.0 Å². The highest BCUT2D eigenvalue weighted by Crippen LogP contribution is 2.31. The van der Waals surface area contributed by atoms with Gasteiger partial charge in [0.05, 0.1) is 0 Å². The second kappa shape index (κ2) is 6.23. The molecule has 2 atom stereocenters. The van der Waals surface area contributed by atoms with Crippen molar-refractivity contribution in [1.29, 1.82) is 0 Å². The standard InChI is InChI=1S/C16H19F2N3O2/c17-12-4-3-10(7-13(12)18)21-6-5-11(16(21)23)15(22)20-8-14(19)9-1-2-9/h3-4,7,9,11,14H,1-2,5-6,8,19H2,(H,20,22). The van der Waals surface area contributed by atoms with Crippen molar-refractivity contribution in [2.75, 3.05) is 18.0 Å². The van der Waals surface area contributed by atoms with Gasteiger partial charge >= 0.3 is 0 Å². The van der Waals surface area contributed by atoms with E-state index in [1.165, 1.54) is 11.0 Å². The number of anilines is 1. The third-order valence-corrected chi connectivity index (χ3v) is 4.48. The molecule has 1 aliphatic heterocycles. The molecule has 3 N–H and O–H groups in total. The first kappa shape index (κ1) is 15.9. The van der Waals surface area contributed by atoms with Gasteiger partial charge in [-0.05, 0) is 37.3 Å². The van der Waals surface area contributed by atoms with E-state index in [-0.39, 0.29) is 17.6 Å². The Labute approximate surface area is 132 Å². The maximum Gasteiger partial charge on any atom is 0.239 e. The van der Waals surface area contributed by atoms with Crippen molar-refractivity contribution in [1.82, 2.24) is 5.32 Å². The van der Waals surface area contributed by atoms with Gasteiger partial charge in [0, 0.05) is 30.9 Å². The normalized spacial score (nSPS) is 22.3. The van der Waals surface area contributed by atoms with Gasteiger partial charge in [-0.15, -0.1) is 0 Å². The van der Waals surface area contributed by atoms with Gasteiger partial charge in [-0.1, -0.05) is 0 Å². The molecule has 0 radical (unpaired) electrons. The van der Waals surface area contributed by atoms with Crippen LogP contribution in [0.5, 0.6) is 0 Å². The Morgan fingerprint density at radius 2 is 2.04 bits per heavy atom. The van der Waals surface area contributed by atoms with E-state index in [1.54, 1.807) is 0 Å². The van der Waals surface area contributed by atoms with Crippen molar-refractivity contribution >= 4 is 17.5 Å². The van der Waals surface area contributed by atoms with Crippen molar-refractivity contribution in [2.24, 2.45) is 17.6 Å². The Kier molecular flexibility index (Phi) is 4.30. The third-order valence-electron chi connectivity index (χ3n) is 4.48. The Bertz CT molecular complexity index is 634. The highest BCUT2D eigenvalue weighted by molar-refractivity contribution is 6.09. The maximum atomic E-state index is 13.3. The van der Waals surface area contributed by atoms with Crippen LogP contribution < -0.4 is 16.0 Å². The summed E-state index contributed by atoms with van der Waals surface area (Å²) in [4.78, 5) is 25.8. The molecule has 1 saturated heterocycles. The van der Waals surface area contributed by atoms with Gasteiger partial charge in [-0.2, -0.15) is 0 Å². The van der Waals surface area contributed by atoms with Crippen LogP contribution in [0.3, 0.4) is 0 Å².